The first-order valence-electron chi connectivity index (χ1n) is 9.94. The molecule has 2 atom stereocenters. The van der Waals surface area contributed by atoms with E-state index in [0.29, 0.717) is 30.3 Å². The van der Waals surface area contributed by atoms with Gasteiger partial charge in [0.2, 0.25) is 0 Å². The second kappa shape index (κ2) is 8.98. The summed E-state index contributed by atoms with van der Waals surface area (Å²) in [5, 5.41) is 6.16. The summed E-state index contributed by atoms with van der Waals surface area (Å²) in [5.41, 5.74) is -3.72. The average molecular weight is 454 g/mol. The van der Waals surface area contributed by atoms with Crippen LogP contribution in [0.3, 0.4) is 0 Å². The molecule has 3 rings (SSSR count). The average Bonchev–Trinajstić information content (AvgIpc) is 3.32. The minimum absolute atomic E-state index is 0.0253. The molecule has 168 valence electrons. The second-order valence-electron chi connectivity index (χ2n) is 7.86. The van der Waals surface area contributed by atoms with Gasteiger partial charge in [-0.1, -0.05) is 12.8 Å². The molecule has 30 heavy (non-hydrogen) atoms. The topological polar surface area (TPSA) is 41.1 Å². The van der Waals surface area contributed by atoms with Crippen LogP contribution in [0.2, 0.25) is 0 Å². The summed E-state index contributed by atoms with van der Waals surface area (Å²) in [7, 11) is 0. The zero-order chi connectivity index (χ0) is 22.1. The summed E-state index contributed by atoms with van der Waals surface area (Å²) in [5.74, 6) is -0.981. The Morgan fingerprint density at radius 3 is 2.13 bits per heavy atom. The van der Waals surface area contributed by atoms with E-state index in [9.17, 15) is 31.1 Å². The highest BCUT2D eigenvalue weighted by Gasteiger charge is 2.42. The third-order valence-corrected chi connectivity index (χ3v) is 6.58. The summed E-state index contributed by atoms with van der Waals surface area (Å²) in [6.07, 6.45) is -2.12. The van der Waals surface area contributed by atoms with Crippen LogP contribution in [0.25, 0.3) is 0 Å². The summed E-state index contributed by atoms with van der Waals surface area (Å²) in [6, 6.07) is 0.579. The van der Waals surface area contributed by atoms with Gasteiger partial charge in [0.25, 0.3) is 5.91 Å². The number of hydrogen-bond donors (Lipinski definition) is 2. The highest BCUT2D eigenvalue weighted by molar-refractivity contribution is 7.98. The Morgan fingerprint density at radius 1 is 0.933 bits per heavy atom. The highest BCUT2D eigenvalue weighted by atomic mass is 32.2. The summed E-state index contributed by atoms with van der Waals surface area (Å²) in [6.45, 7) is 0. The van der Waals surface area contributed by atoms with Gasteiger partial charge in [-0.2, -0.15) is 26.3 Å². The zero-order valence-electron chi connectivity index (χ0n) is 16.4. The first kappa shape index (κ1) is 23.2. The Labute approximate surface area is 175 Å². The fourth-order valence-electron chi connectivity index (χ4n) is 4.37. The molecule has 0 saturated heterocycles. The van der Waals surface area contributed by atoms with E-state index in [2.05, 4.69) is 10.6 Å². The van der Waals surface area contributed by atoms with Gasteiger partial charge >= 0.3 is 12.4 Å². The number of thioether (sulfide) groups is 1. The molecular weight excluding hydrogens is 430 g/mol. The molecule has 1 aromatic rings. The Hall–Kier alpha value is -1.42. The van der Waals surface area contributed by atoms with E-state index in [1.165, 1.54) is 6.26 Å². The highest BCUT2D eigenvalue weighted by Crippen LogP contribution is 2.41. The third kappa shape index (κ3) is 5.25. The number of alkyl halides is 6. The number of carbonyl (C=O) groups excluding carboxylic acids is 1. The lowest BCUT2D eigenvalue weighted by atomic mass is 10.0. The van der Waals surface area contributed by atoms with E-state index < -0.39 is 35.0 Å². The maximum absolute atomic E-state index is 13.6. The normalized spacial score (nSPS) is 23.2. The van der Waals surface area contributed by atoms with Crippen molar-refractivity contribution in [2.24, 2.45) is 0 Å². The molecule has 2 aliphatic rings. The van der Waals surface area contributed by atoms with Crippen LogP contribution in [0.5, 0.6) is 0 Å². The largest absolute Gasteiger partial charge is 0.417 e. The first-order valence-corrected chi connectivity index (χ1v) is 11.2. The van der Waals surface area contributed by atoms with Crippen LogP contribution in [0.4, 0.5) is 26.3 Å². The number of hydrogen-bond acceptors (Lipinski definition) is 3. The van der Waals surface area contributed by atoms with Gasteiger partial charge in [0.15, 0.2) is 0 Å². The first-order chi connectivity index (χ1) is 14.0. The Bertz CT molecular complexity index is 774. The van der Waals surface area contributed by atoms with Crippen molar-refractivity contribution in [3.63, 3.8) is 0 Å². The molecular formula is C20H24F6N2OS. The number of carbonyl (C=O) groups is 1. The molecule has 0 spiro atoms. The van der Waals surface area contributed by atoms with Crippen LogP contribution in [0.1, 0.15) is 66.4 Å². The van der Waals surface area contributed by atoms with Gasteiger partial charge in [0.1, 0.15) is 0 Å². The van der Waals surface area contributed by atoms with Crippen molar-refractivity contribution >= 4 is 17.7 Å². The number of benzene rings is 1. The van der Waals surface area contributed by atoms with Gasteiger partial charge < -0.3 is 10.6 Å². The lowest BCUT2D eigenvalue weighted by Crippen LogP contribution is -2.49. The molecule has 3 nitrogen and oxygen atoms in total. The number of halogens is 6. The van der Waals surface area contributed by atoms with Crippen LogP contribution >= 0.6 is 11.8 Å². The lowest BCUT2D eigenvalue weighted by Gasteiger charge is -2.26. The summed E-state index contributed by atoms with van der Waals surface area (Å²) < 4.78 is 80.0. The molecule has 0 heterocycles. The molecule has 0 aliphatic heterocycles. The van der Waals surface area contributed by atoms with Crippen LogP contribution in [0.15, 0.2) is 17.0 Å². The van der Waals surface area contributed by atoms with Crippen LogP contribution < -0.4 is 10.6 Å². The standard InChI is InChI=1S/C20H24F6N2OS/c1-30-16-10-11(19(21,22)23)9-13(20(24,25)26)17(16)18(29)28-15-8-4-7-14(15)27-12-5-2-3-6-12/h9-10,12,14-15,27H,2-8H2,1H3,(H,28,29). The van der Waals surface area contributed by atoms with Gasteiger partial charge in [-0.15, -0.1) is 11.8 Å². The molecule has 0 aromatic heterocycles. The van der Waals surface area contributed by atoms with Gasteiger partial charge in [-0.05, 0) is 50.5 Å². The van der Waals surface area contributed by atoms with Gasteiger partial charge in [-0.25, -0.2) is 0 Å². The molecule has 10 heteroatoms. The summed E-state index contributed by atoms with van der Waals surface area (Å²) in [4.78, 5) is 12.5. The molecule has 0 bridgehead atoms. The zero-order valence-corrected chi connectivity index (χ0v) is 17.2. The molecule has 1 aromatic carbocycles. The molecule has 2 N–H and O–H groups in total. The third-order valence-electron chi connectivity index (χ3n) is 5.82. The molecule has 2 aliphatic carbocycles. The van der Waals surface area contributed by atoms with E-state index in [-0.39, 0.29) is 23.0 Å². The predicted octanol–water partition coefficient (Wildman–Crippen LogP) is 5.63. The summed E-state index contributed by atoms with van der Waals surface area (Å²) >= 11 is 0.693. The quantitative estimate of drug-likeness (QED) is 0.448. The van der Waals surface area contributed by atoms with Crippen LogP contribution in [0, 0.1) is 0 Å². The Morgan fingerprint density at radius 2 is 1.57 bits per heavy atom. The van der Waals surface area contributed by atoms with Crippen molar-refractivity contribution in [3.05, 3.63) is 28.8 Å². The van der Waals surface area contributed by atoms with Crippen molar-refractivity contribution in [3.8, 4) is 0 Å². The number of amides is 1. The Kier molecular flexibility index (Phi) is 6.96. The minimum atomic E-state index is -5.09. The molecule has 0 radical (unpaired) electrons. The van der Waals surface area contributed by atoms with E-state index in [1.54, 1.807) is 0 Å². The van der Waals surface area contributed by atoms with Gasteiger partial charge in [0, 0.05) is 23.0 Å². The fraction of sp³-hybridized carbons (Fsp3) is 0.650. The monoisotopic (exact) mass is 454 g/mol. The smallest absolute Gasteiger partial charge is 0.348 e. The fourth-order valence-corrected chi connectivity index (χ4v) is 5.02. The van der Waals surface area contributed by atoms with E-state index in [0.717, 1.165) is 38.5 Å². The van der Waals surface area contributed by atoms with Crippen molar-refractivity contribution in [1.29, 1.82) is 0 Å². The molecule has 2 saturated carbocycles. The second-order valence-corrected chi connectivity index (χ2v) is 8.71. The van der Waals surface area contributed by atoms with Crippen molar-refractivity contribution in [2.75, 3.05) is 6.26 Å². The van der Waals surface area contributed by atoms with Gasteiger partial charge in [0.05, 0.1) is 16.7 Å². The van der Waals surface area contributed by atoms with E-state index in [1.807, 2.05) is 0 Å². The SMILES string of the molecule is CSc1cc(C(F)(F)F)cc(C(F)(F)F)c1C(=O)NC1CCCC1NC1CCCC1. The molecule has 2 fully saturated rings. The van der Waals surface area contributed by atoms with Crippen LogP contribution in [-0.2, 0) is 12.4 Å². The maximum Gasteiger partial charge on any atom is 0.417 e. The molecule has 2 unspecified atom stereocenters. The van der Waals surface area contributed by atoms with Crippen molar-refractivity contribution in [1.82, 2.24) is 10.6 Å². The van der Waals surface area contributed by atoms with Crippen molar-refractivity contribution in [2.45, 2.75) is 80.3 Å². The minimum Gasteiger partial charge on any atom is -0.348 e. The van der Waals surface area contributed by atoms with E-state index >= 15 is 0 Å². The lowest BCUT2D eigenvalue weighted by molar-refractivity contribution is -0.143. The Balaban J connectivity index is 1.88. The number of rotatable bonds is 5. The van der Waals surface area contributed by atoms with Crippen molar-refractivity contribution < 1.29 is 31.1 Å². The predicted molar refractivity (Wildman–Crippen MR) is 103 cm³/mol. The van der Waals surface area contributed by atoms with E-state index in [4.69, 9.17) is 0 Å². The van der Waals surface area contributed by atoms with Crippen LogP contribution in [-0.4, -0.2) is 30.3 Å². The van der Waals surface area contributed by atoms with Gasteiger partial charge in [-0.3, -0.25) is 4.79 Å². The molecule has 1 amide bonds. The number of nitrogens with one attached hydrogen (secondary N) is 2. The maximum atomic E-state index is 13.6.